The second kappa shape index (κ2) is 7.56. The maximum Gasteiger partial charge on any atom is 0.230 e. The van der Waals surface area contributed by atoms with Gasteiger partial charge in [-0.1, -0.05) is 11.8 Å². The van der Waals surface area contributed by atoms with Crippen molar-refractivity contribution in [3.8, 4) is 0 Å². The van der Waals surface area contributed by atoms with Crippen molar-refractivity contribution in [1.29, 1.82) is 0 Å². The first-order valence-electron chi connectivity index (χ1n) is 7.79. The predicted molar refractivity (Wildman–Crippen MR) is 103 cm³/mol. The van der Waals surface area contributed by atoms with E-state index in [1.54, 1.807) is 17.7 Å². The molecule has 24 heavy (non-hydrogen) atoms. The summed E-state index contributed by atoms with van der Waals surface area (Å²) in [6.07, 6.45) is 3.88. The number of carbonyl (C=O) groups is 1. The lowest BCUT2D eigenvalue weighted by atomic mass is 9.96. The van der Waals surface area contributed by atoms with Crippen LogP contribution in [0, 0.1) is 19.8 Å². The maximum absolute atomic E-state index is 12.3. The van der Waals surface area contributed by atoms with E-state index in [4.69, 9.17) is 5.73 Å². The topological polar surface area (TPSA) is 80.9 Å². The predicted octanol–water partition coefficient (Wildman–Crippen LogP) is 3.07. The standard InChI is InChI=1S/C16H22N4OS2.ClH/c1-9-10(2)23-15-13(9)14(18-8-19-15)22-6-12(21)20-16(3,7-17)11-4-5-11;/h8,11H,4-7,17H2,1-3H3,(H,20,21);1H. The number of thioether (sulfide) groups is 1. The van der Waals surface area contributed by atoms with E-state index < -0.39 is 0 Å². The fourth-order valence-corrected chi connectivity index (χ4v) is 4.71. The van der Waals surface area contributed by atoms with Crippen LogP contribution < -0.4 is 11.1 Å². The van der Waals surface area contributed by atoms with E-state index in [2.05, 4.69) is 29.1 Å². The van der Waals surface area contributed by atoms with E-state index in [0.717, 1.165) is 28.1 Å². The smallest absolute Gasteiger partial charge is 0.230 e. The quantitative estimate of drug-likeness (QED) is 0.589. The number of hydrogen-bond acceptors (Lipinski definition) is 6. The number of fused-ring (bicyclic) bond motifs is 1. The molecule has 0 radical (unpaired) electrons. The number of aryl methyl sites for hydroxylation is 2. The lowest BCUT2D eigenvalue weighted by Crippen LogP contribution is -2.53. The molecule has 1 aliphatic rings. The van der Waals surface area contributed by atoms with Crippen molar-refractivity contribution in [2.75, 3.05) is 12.3 Å². The summed E-state index contributed by atoms with van der Waals surface area (Å²) in [6, 6.07) is 0. The first-order valence-corrected chi connectivity index (χ1v) is 9.59. The van der Waals surface area contributed by atoms with Crippen LogP contribution in [0.4, 0.5) is 0 Å². The first kappa shape index (κ1) is 19.4. The Morgan fingerprint density at radius 3 is 2.79 bits per heavy atom. The highest BCUT2D eigenvalue weighted by molar-refractivity contribution is 8.00. The van der Waals surface area contributed by atoms with Gasteiger partial charge in [0.25, 0.3) is 0 Å². The maximum atomic E-state index is 12.3. The third kappa shape index (κ3) is 3.85. The highest BCUT2D eigenvalue weighted by Crippen LogP contribution is 2.39. The number of nitrogens with one attached hydrogen (secondary N) is 1. The molecule has 1 atom stereocenters. The van der Waals surface area contributed by atoms with Crippen molar-refractivity contribution >= 4 is 51.6 Å². The van der Waals surface area contributed by atoms with Gasteiger partial charge in [-0.05, 0) is 45.1 Å². The van der Waals surface area contributed by atoms with Crippen molar-refractivity contribution in [1.82, 2.24) is 15.3 Å². The van der Waals surface area contributed by atoms with E-state index in [1.165, 1.54) is 22.2 Å². The van der Waals surface area contributed by atoms with Gasteiger partial charge < -0.3 is 11.1 Å². The Kier molecular flexibility index (Phi) is 6.12. The largest absolute Gasteiger partial charge is 0.349 e. The van der Waals surface area contributed by atoms with Gasteiger partial charge in [0.1, 0.15) is 16.2 Å². The van der Waals surface area contributed by atoms with Gasteiger partial charge in [0.2, 0.25) is 5.91 Å². The molecular weight excluding hydrogens is 364 g/mol. The normalized spacial score (nSPS) is 16.5. The van der Waals surface area contributed by atoms with Crippen molar-refractivity contribution in [2.45, 2.75) is 44.2 Å². The molecule has 0 bridgehead atoms. The fraction of sp³-hybridized carbons (Fsp3) is 0.562. The summed E-state index contributed by atoms with van der Waals surface area (Å²) in [5, 5.41) is 5.08. The molecule has 3 rings (SSSR count). The SMILES string of the molecule is Cc1sc2ncnc(SCC(=O)NC(C)(CN)C3CC3)c2c1C.Cl. The van der Waals surface area contributed by atoms with Crippen molar-refractivity contribution in [3.63, 3.8) is 0 Å². The third-order valence-corrected chi connectivity index (χ3v) is 6.70. The van der Waals surface area contributed by atoms with E-state index in [-0.39, 0.29) is 23.9 Å². The van der Waals surface area contributed by atoms with Gasteiger partial charge in [-0.2, -0.15) is 0 Å². The Balaban J connectivity index is 0.00000208. The number of halogens is 1. The van der Waals surface area contributed by atoms with E-state index in [1.807, 2.05) is 6.92 Å². The number of aromatic nitrogens is 2. The summed E-state index contributed by atoms with van der Waals surface area (Å²) < 4.78 is 0. The Morgan fingerprint density at radius 2 is 2.17 bits per heavy atom. The van der Waals surface area contributed by atoms with Gasteiger partial charge in [0.05, 0.1) is 11.3 Å². The minimum atomic E-state index is -0.270. The van der Waals surface area contributed by atoms with Gasteiger partial charge >= 0.3 is 0 Å². The lowest BCUT2D eigenvalue weighted by molar-refractivity contribution is -0.120. The van der Waals surface area contributed by atoms with Crippen molar-refractivity contribution < 1.29 is 4.79 Å². The van der Waals surface area contributed by atoms with Gasteiger partial charge in [-0.25, -0.2) is 9.97 Å². The molecular formula is C16H23ClN4OS2. The summed E-state index contributed by atoms with van der Waals surface area (Å²) >= 11 is 3.14. The van der Waals surface area contributed by atoms with Crippen molar-refractivity contribution in [3.05, 3.63) is 16.8 Å². The summed E-state index contributed by atoms with van der Waals surface area (Å²) in [6.45, 7) is 6.70. The van der Waals surface area contributed by atoms with Crippen molar-refractivity contribution in [2.24, 2.45) is 11.7 Å². The molecule has 2 aromatic heterocycles. The monoisotopic (exact) mass is 386 g/mol. The van der Waals surface area contributed by atoms with Gasteiger partial charge in [0, 0.05) is 16.8 Å². The second-order valence-electron chi connectivity index (χ2n) is 6.37. The van der Waals surface area contributed by atoms with Gasteiger partial charge in [0.15, 0.2) is 0 Å². The number of nitrogens with two attached hydrogens (primary N) is 1. The molecule has 1 unspecified atom stereocenters. The van der Waals surface area contributed by atoms with Crippen LogP contribution >= 0.6 is 35.5 Å². The summed E-state index contributed by atoms with van der Waals surface area (Å²) in [5.41, 5.74) is 6.80. The second-order valence-corrected chi connectivity index (χ2v) is 8.54. The fourth-order valence-electron chi connectivity index (χ4n) is 2.79. The summed E-state index contributed by atoms with van der Waals surface area (Å²) in [4.78, 5) is 23.3. The molecule has 0 saturated heterocycles. The van der Waals surface area contributed by atoms with E-state index in [0.29, 0.717) is 18.2 Å². The molecule has 0 aromatic carbocycles. The Hall–Kier alpha value is -0.890. The van der Waals surface area contributed by atoms with E-state index in [9.17, 15) is 4.79 Å². The number of nitrogens with zero attached hydrogens (tertiary/aromatic N) is 2. The van der Waals surface area contributed by atoms with Crippen LogP contribution in [0.2, 0.25) is 0 Å². The number of thiophene rings is 1. The number of carbonyl (C=O) groups excluding carboxylic acids is 1. The van der Waals surface area contributed by atoms with Crippen LogP contribution in [0.5, 0.6) is 0 Å². The molecule has 2 heterocycles. The molecule has 1 saturated carbocycles. The Bertz CT molecular complexity index is 747. The molecule has 1 aliphatic carbocycles. The Morgan fingerprint density at radius 1 is 1.46 bits per heavy atom. The van der Waals surface area contributed by atoms with Gasteiger partial charge in [-0.15, -0.1) is 23.7 Å². The number of amides is 1. The number of hydrogen-bond donors (Lipinski definition) is 2. The van der Waals surface area contributed by atoms with Gasteiger partial charge in [-0.3, -0.25) is 4.79 Å². The molecule has 132 valence electrons. The van der Waals surface area contributed by atoms with Crippen LogP contribution in [0.25, 0.3) is 10.2 Å². The highest BCUT2D eigenvalue weighted by Gasteiger charge is 2.41. The average molecular weight is 387 g/mol. The minimum Gasteiger partial charge on any atom is -0.349 e. The minimum absolute atomic E-state index is 0. The first-order chi connectivity index (χ1) is 10.9. The molecule has 0 aliphatic heterocycles. The summed E-state index contributed by atoms with van der Waals surface area (Å²) in [5.74, 6) is 0.892. The lowest BCUT2D eigenvalue weighted by Gasteiger charge is -2.29. The molecule has 1 amide bonds. The number of rotatable bonds is 6. The molecule has 0 spiro atoms. The average Bonchev–Trinajstić information content (AvgIpc) is 3.33. The van der Waals surface area contributed by atoms with Crippen LogP contribution in [0.15, 0.2) is 11.4 Å². The van der Waals surface area contributed by atoms with Crippen LogP contribution in [0.1, 0.15) is 30.2 Å². The van der Waals surface area contributed by atoms with Crippen LogP contribution in [-0.4, -0.2) is 33.7 Å². The molecule has 3 N–H and O–H groups in total. The third-order valence-electron chi connectivity index (χ3n) is 4.60. The molecule has 8 heteroatoms. The van der Waals surface area contributed by atoms with E-state index >= 15 is 0 Å². The zero-order valence-electron chi connectivity index (χ0n) is 14.1. The zero-order valence-corrected chi connectivity index (χ0v) is 16.5. The molecule has 5 nitrogen and oxygen atoms in total. The molecule has 2 aromatic rings. The van der Waals surface area contributed by atoms with Crippen LogP contribution in [-0.2, 0) is 4.79 Å². The molecule has 1 fully saturated rings. The Labute approximate surface area is 156 Å². The zero-order chi connectivity index (χ0) is 16.6. The highest BCUT2D eigenvalue weighted by atomic mass is 35.5. The van der Waals surface area contributed by atoms with Crippen LogP contribution in [0.3, 0.4) is 0 Å². The summed E-state index contributed by atoms with van der Waals surface area (Å²) in [7, 11) is 0.